The molecule has 0 aromatic heterocycles. The summed E-state index contributed by atoms with van der Waals surface area (Å²) in [6.07, 6.45) is 5.28. The van der Waals surface area contributed by atoms with Crippen molar-refractivity contribution in [2.45, 2.75) is 52.0 Å². The van der Waals surface area contributed by atoms with E-state index in [2.05, 4.69) is 23.5 Å². The number of amides is 1. The normalized spacial score (nSPS) is 17.1. The summed E-state index contributed by atoms with van der Waals surface area (Å²) >= 11 is 0. The van der Waals surface area contributed by atoms with Gasteiger partial charge in [0.1, 0.15) is 0 Å². The lowest BCUT2D eigenvalue weighted by Crippen LogP contribution is -2.39. The van der Waals surface area contributed by atoms with Crippen LogP contribution in [0.15, 0.2) is 18.2 Å². The van der Waals surface area contributed by atoms with E-state index in [4.69, 9.17) is 5.11 Å². The Hall–Kier alpha value is -1.35. The molecule has 1 aliphatic carbocycles. The number of rotatable bonds is 5. The lowest BCUT2D eigenvalue weighted by atomic mass is 9.90. The largest absolute Gasteiger partial charge is 0.396 e. The highest BCUT2D eigenvalue weighted by atomic mass is 16.3. The first-order valence-electron chi connectivity index (χ1n) is 7.61. The van der Waals surface area contributed by atoms with E-state index < -0.39 is 0 Å². The van der Waals surface area contributed by atoms with Crippen LogP contribution < -0.4 is 5.32 Å². The molecule has 20 heavy (non-hydrogen) atoms. The van der Waals surface area contributed by atoms with Crippen LogP contribution in [-0.2, 0) is 24.1 Å². The van der Waals surface area contributed by atoms with Crippen molar-refractivity contribution in [3.05, 3.63) is 34.9 Å². The molecule has 2 N–H and O–H groups in total. The van der Waals surface area contributed by atoms with Crippen molar-refractivity contribution in [2.75, 3.05) is 6.61 Å². The fourth-order valence-corrected chi connectivity index (χ4v) is 2.69. The number of hydrogen-bond donors (Lipinski definition) is 2. The minimum atomic E-state index is 0.00475. The third-order valence-corrected chi connectivity index (χ3v) is 4.31. The molecule has 2 unspecified atom stereocenters. The van der Waals surface area contributed by atoms with E-state index in [9.17, 15) is 4.79 Å². The van der Waals surface area contributed by atoms with Crippen molar-refractivity contribution in [3.63, 3.8) is 0 Å². The fraction of sp³-hybridized carbons (Fsp3) is 0.588. The lowest BCUT2D eigenvalue weighted by Gasteiger charge is -2.20. The first-order chi connectivity index (χ1) is 9.60. The highest BCUT2D eigenvalue weighted by Gasteiger charge is 2.15. The summed E-state index contributed by atoms with van der Waals surface area (Å²) in [5.74, 6) is 0.121. The number of hydrogen-bond acceptors (Lipinski definition) is 2. The van der Waals surface area contributed by atoms with Gasteiger partial charge in [0, 0.05) is 12.6 Å². The second-order valence-electron chi connectivity index (χ2n) is 6.00. The fourth-order valence-electron chi connectivity index (χ4n) is 2.69. The van der Waals surface area contributed by atoms with Crippen molar-refractivity contribution >= 4 is 5.91 Å². The van der Waals surface area contributed by atoms with Crippen LogP contribution in [0.2, 0.25) is 0 Å². The summed E-state index contributed by atoms with van der Waals surface area (Å²) in [5, 5.41) is 12.0. The molecule has 0 aliphatic heterocycles. The summed E-state index contributed by atoms with van der Waals surface area (Å²) in [6, 6.07) is 6.44. The van der Waals surface area contributed by atoms with Crippen molar-refractivity contribution < 1.29 is 9.90 Å². The Morgan fingerprint density at radius 2 is 1.95 bits per heavy atom. The third kappa shape index (κ3) is 3.83. The Morgan fingerprint density at radius 1 is 1.25 bits per heavy atom. The maximum absolute atomic E-state index is 12.0. The van der Waals surface area contributed by atoms with Gasteiger partial charge in [0.15, 0.2) is 0 Å². The lowest BCUT2D eigenvalue weighted by molar-refractivity contribution is -0.121. The van der Waals surface area contributed by atoms with Gasteiger partial charge >= 0.3 is 0 Å². The number of carbonyl (C=O) groups is 1. The van der Waals surface area contributed by atoms with Gasteiger partial charge in [0.25, 0.3) is 0 Å². The smallest absolute Gasteiger partial charge is 0.224 e. The van der Waals surface area contributed by atoms with Gasteiger partial charge in [0.05, 0.1) is 6.42 Å². The van der Waals surface area contributed by atoms with E-state index in [0.717, 1.165) is 12.0 Å². The molecule has 0 saturated heterocycles. The van der Waals surface area contributed by atoms with Gasteiger partial charge in [-0.15, -0.1) is 0 Å². The summed E-state index contributed by atoms with van der Waals surface area (Å²) in [6.45, 7) is 3.97. The summed E-state index contributed by atoms with van der Waals surface area (Å²) in [7, 11) is 0. The van der Waals surface area contributed by atoms with E-state index in [0.29, 0.717) is 6.42 Å². The van der Waals surface area contributed by atoms with Crippen molar-refractivity contribution in [1.29, 1.82) is 0 Å². The number of carbonyl (C=O) groups excluding carboxylic acids is 1. The topological polar surface area (TPSA) is 49.3 Å². The molecule has 0 radical (unpaired) electrons. The van der Waals surface area contributed by atoms with Gasteiger partial charge < -0.3 is 10.4 Å². The number of fused-ring (bicyclic) bond motifs is 1. The first-order valence-corrected chi connectivity index (χ1v) is 7.61. The van der Waals surface area contributed by atoms with E-state index >= 15 is 0 Å². The zero-order valence-electron chi connectivity index (χ0n) is 12.5. The number of benzene rings is 1. The number of aliphatic hydroxyl groups excluding tert-OH is 1. The van der Waals surface area contributed by atoms with Crippen LogP contribution in [0, 0.1) is 5.92 Å². The molecule has 0 spiro atoms. The number of nitrogens with one attached hydrogen (secondary N) is 1. The van der Waals surface area contributed by atoms with Gasteiger partial charge in [0.2, 0.25) is 5.91 Å². The van der Waals surface area contributed by atoms with Gasteiger partial charge in [-0.3, -0.25) is 4.79 Å². The molecule has 0 bridgehead atoms. The van der Waals surface area contributed by atoms with Crippen molar-refractivity contribution in [2.24, 2.45) is 5.92 Å². The quantitative estimate of drug-likeness (QED) is 0.866. The average molecular weight is 275 g/mol. The molecule has 1 aliphatic rings. The second-order valence-corrected chi connectivity index (χ2v) is 6.00. The molecule has 0 saturated carbocycles. The predicted octanol–water partition coefficient (Wildman–Crippen LogP) is 2.24. The highest BCUT2D eigenvalue weighted by molar-refractivity contribution is 5.78. The highest BCUT2D eigenvalue weighted by Crippen LogP contribution is 2.22. The molecule has 110 valence electrons. The minimum absolute atomic E-state index is 0.00475. The van der Waals surface area contributed by atoms with E-state index in [1.807, 2.05) is 13.8 Å². The Kier molecular flexibility index (Phi) is 5.18. The predicted molar refractivity (Wildman–Crippen MR) is 80.6 cm³/mol. The minimum Gasteiger partial charge on any atom is -0.396 e. The van der Waals surface area contributed by atoms with Crippen LogP contribution in [0.3, 0.4) is 0 Å². The molecule has 3 nitrogen and oxygen atoms in total. The summed E-state index contributed by atoms with van der Waals surface area (Å²) in [4.78, 5) is 12.0. The van der Waals surface area contributed by atoms with Crippen LogP contribution in [0.4, 0.5) is 0 Å². The van der Waals surface area contributed by atoms with Gasteiger partial charge in [-0.2, -0.15) is 0 Å². The monoisotopic (exact) mass is 275 g/mol. The molecule has 0 fully saturated rings. The van der Waals surface area contributed by atoms with Crippen molar-refractivity contribution in [3.8, 4) is 0 Å². The van der Waals surface area contributed by atoms with Crippen LogP contribution in [0.1, 0.15) is 43.4 Å². The van der Waals surface area contributed by atoms with Crippen molar-refractivity contribution in [1.82, 2.24) is 5.32 Å². The maximum atomic E-state index is 12.0. The molecule has 3 heteroatoms. The molecule has 1 aromatic carbocycles. The van der Waals surface area contributed by atoms with E-state index in [-0.39, 0.29) is 24.5 Å². The second kappa shape index (κ2) is 6.89. The number of aryl methyl sites for hydroxylation is 2. The standard InChI is InChI=1S/C17H25NO2/c1-12(11-19)13(2)18-17(20)10-14-7-8-15-5-3-4-6-16(15)9-14/h7-9,12-13,19H,3-6,10-11H2,1-2H3,(H,18,20). The zero-order chi connectivity index (χ0) is 14.5. The summed E-state index contributed by atoms with van der Waals surface area (Å²) < 4.78 is 0. The summed E-state index contributed by atoms with van der Waals surface area (Å²) in [5.41, 5.74) is 3.95. The molecular weight excluding hydrogens is 250 g/mol. The molecule has 2 atom stereocenters. The molecule has 1 aromatic rings. The van der Waals surface area contributed by atoms with Crippen LogP contribution in [0.25, 0.3) is 0 Å². The SMILES string of the molecule is CC(CO)C(C)NC(=O)Cc1ccc2c(c1)CCCC2. The van der Waals surface area contributed by atoms with Gasteiger partial charge in [-0.05, 0) is 55.2 Å². The molecule has 2 rings (SSSR count). The van der Waals surface area contributed by atoms with Gasteiger partial charge in [-0.1, -0.05) is 25.1 Å². The van der Waals surface area contributed by atoms with E-state index in [1.54, 1.807) is 0 Å². The molecular formula is C17H25NO2. The van der Waals surface area contributed by atoms with Crippen LogP contribution in [0.5, 0.6) is 0 Å². The Labute approximate surface area is 121 Å². The Balaban J connectivity index is 1.94. The Morgan fingerprint density at radius 3 is 2.65 bits per heavy atom. The van der Waals surface area contributed by atoms with Crippen LogP contribution >= 0.6 is 0 Å². The molecule has 1 amide bonds. The average Bonchev–Trinajstić information content (AvgIpc) is 2.46. The number of aliphatic hydroxyl groups is 1. The molecule has 0 heterocycles. The Bertz CT molecular complexity index is 470. The van der Waals surface area contributed by atoms with E-state index in [1.165, 1.54) is 30.4 Å². The zero-order valence-corrected chi connectivity index (χ0v) is 12.5. The third-order valence-electron chi connectivity index (χ3n) is 4.31. The van der Waals surface area contributed by atoms with Crippen LogP contribution in [-0.4, -0.2) is 23.7 Å². The maximum Gasteiger partial charge on any atom is 0.224 e. The first kappa shape index (κ1) is 15.0. The van der Waals surface area contributed by atoms with Gasteiger partial charge in [-0.25, -0.2) is 0 Å².